The number of rotatable bonds is 8. The van der Waals surface area contributed by atoms with E-state index in [0.29, 0.717) is 0 Å². The van der Waals surface area contributed by atoms with Crippen molar-refractivity contribution in [2.45, 2.75) is 40.0 Å². The van der Waals surface area contributed by atoms with Crippen LogP contribution >= 0.6 is 20.8 Å². The maximum absolute atomic E-state index is 6.09. The van der Waals surface area contributed by atoms with E-state index in [0.717, 1.165) is 24.1 Å². The third-order valence-corrected chi connectivity index (χ3v) is 4.91. The number of unbranched alkanes of at least 4 members (excludes halogenated alkanes) is 2. The van der Waals surface area contributed by atoms with Crippen molar-refractivity contribution in [3.63, 3.8) is 0 Å². The molecule has 23 heavy (non-hydrogen) atoms. The van der Waals surface area contributed by atoms with Gasteiger partial charge in [0.15, 0.2) is 0 Å². The molecule has 0 atom stereocenters. The molecule has 0 saturated carbocycles. The average Bonchev–Trinajstić information content (AvgIpc) is 2.52. The summed E-state index contributed by atoms with van der Waals surface area (Å²) in [5.41, 5.74) is 2.48. The summed E-state index contributed by atoms with van der Waals surface area (Å²) < 4.78 is 12.2. The largest absolute Gasteiger partial charge is 0.439 e. The highest BCUT2D eigenvalue weighted by Crippen LogP contribution is 2.41. The highest BCUT2D eigenvalue weighted by Gasteiger charge is 2.14. The minimum Gasteiger partial charge on any atom is -0.439 e. The first-order valence-corrected chi connectivity index (χ1v) is 9.30. The van der Waals surface area contributed by atoms with Gasteiger partial charge in [-0.15, -0.1) is 12.4 Å². The van der Waals surface area contributed by atoms with Gasteiger partial charge in [-0.2, -0.15) is 0 Å². The Balaban J connectivity index is 0.00000264. The van der Waals surface area contributed by atoms with Crippen LogP contribution in [-0.4, -0.2) is 6.16 Å². The Labute approximate surface area is 147 Å². The summed E-state index contributed by atoms with van der Waals surface area (Å²) in [6, 6.07) is 16.3. The van der Waals surface area contributed by atoms with Crippen LogP contribution in [0.15, 0.2) is 48.5 Å². The van der Waals surface area contributed by atoms with Gasteiger partial charge < -0.3 is 9.05 Å². The van der Waals surface area contributed by atoms with E-state index in [1.54, 1.807) is 0 Å². The van der Waals surface area contributed by atoms with Crippen LogP contribution in [0.3, 0.4) is 0 Å². The maximum atomic E-state index is 6.09. The van der Waals surface area contributed by atoms with Crippen LogP contribution in [0.1, 0.15) is 37.3 Å². The van der Waals surface area contributed by atoms with Crippen LogP contribution in [-0.2, 0) is 0 Å². The van der Waals surface area contributed by atoms with Gasteiger partial charge in [-0.05, 0) is 44.5 Å². The van der Waals surface area contributed by atoms with Crippen LogP contribution in [0.25, 0.3) is 0 Å². The molecule has 0 spiro atoms. The summed E-state index contributed by atoms with van der Waals surface area (Å²) in [4.78, 5) is 0. The van der Waals surface area contributed by atoms with Crippen molar-refractivity contribution in [1.82, 2.24) is 0 Å². The zero-order chi connectivity index (χ0) is 15.8. The second-order valence-corrected chi connectivity index (χ2v) is 7.05. The summed E-state index contributed by atoms with van der Waals surface area (Å²) >= 11 is 0. The van der Waals surface area contributed by atoms with Gasteiger partial charge in [0.25, 0.3) is 8.38 Å². The lowest BCUT2D eigenvalue weighted by molar-refractivity contribution is 0.486. The van der Waals surface area contributed by atoms with E-state index >= 15 is 0 Å². The second-order valence-electron chi connectivity index (χ2n) is 5.57. The topological polar surface area (TPSA) is 18.5 Å². The van der Waals surface area contributed by atoms with Crippen molar-refractivity contribution in [2.75, 3.05) is 6.16 Å². The second kappa shape index (κ2) is 10.5. The molecule has 0 aliphatic carbocycles. The summed E-state index contributed by atoms with van der Waals surface area (Å²) in [5.74, 6) is 1.78. The smallest absolute Gasteiger partial charge is 0.290 e. The quantitative estimate of drug-likeness (QED) is 0.389. The van der Waals surface area contributed by atoms with Gasteiger partial charge in [-0.25, -0.2) is 0 Å². The predicted molar refractivity (Wildman–Crippen MR) is 102 cm³/mol. The molecule has 2 nitrogen and oxygen atoms in total. The first-order valence-electron chi connectivity index (χ1n) is 7.94. The Bertz CT molecular complexity index is 507. The minimum atomic E-state index is -0.944. The van der Waals surface area contributed by atoms with Crippen LogP contribution in [0.5, 0.6) is 11.5 Å². The molecule has 2 aromatic carbocycles. The van der Waals surface area contributed by atoms with Crippen LogP contribution < -0.4 is 9.05 Å². The molecular formula is C19H26ClO2P. The molecule has 0 N–H and O–H groups in total. The zero-order valence-electron chi connectivity index (χ0n) is 14.1. The highest BCUT2D eigenvalue weighted by atomic mass is 35.5. The molecule has 0 unspecified atom stereocenters. The number of hydrogen-bond acceptors (Lipinski definition) is 2. The van der Waals surface area contributed by atoms with Crippen LogP contribution in [0, 0.1) is 13.8 Å². The van der Waals surface area contributed by atoms with Crippen molar-refractivity contribution in [1.29, 1.82) is 0 Å². The van der Waals surface area contributed by atoms with E-state index in [4.69, 9.17) is 9.05 Å². The molecule has 0 aromatic heterocycles. The molecule has 2 aromatic rings. The molecule has 0 fully saturated rings. The van der Waals surface area contributed by atoms with E-state index in [-0.39, 0.29) is 12.4 Å². The normalized spacial score (nSPS) is 10.3. The first kappa shape index (κ1) is 19.8. The number of hydrogen-bond donors (Lipinski definition) is 0. The molecule has 0 radical (unpaired) electrons. The van der Waals surface area contributed by atoms with Gasteiger partial charge in [0.05, 0.1) is 0 Å². The average molecular weight is 353 g/mol. The summed E-state index contributed by atoms with van der Waals surface area (Å²) in [6.07, 6.45) is 4.52. The maximum Gasteiger partial charge on any atom is 0.290 e. The molecule has 0 heterocycles. The van der Waals surface area contributed by atoms with Gasteiger partial charge in [0.1, 0.15) is 11.5 Å². The SMILES string of the molecule is CCCCCP(Oc1ccc(C)cc1)Oc1ccc(C)cc1.Cl. The Morgan fingerprint density at radius 2 is 1.17 bits per heavy atom. The lowest BCUT2D eigenvalue weighted by Gasteiger charge is -2.19. The Hall–Kier alpha value is -1.24. The van der Waals surface area contributed by atoms with Crippen LogP contribution in [0.4, 0.5) is 0 Å². The lowest BCUT2D eigenvalue weighted by Crippen LogP contribution is -2.00. The third kappa shape index (κ3) is 7.24. The summed E-state index contributed by atoms with van der Waals surface area (Å²) in [5, 5.41) is 0. The number of benzene rings is 2. The fourth-order valence-corrected chi connectivity index (χ4v) is 3.45. The molecule has 0 amide bonds. The Morgan fingerprint density at radius 1 is 0.739 bits per heavy atom. The van der Waals surface area contributed by atoms with E-state index < -0.39 is 8.38 Å². The number of aryl methyl sites for hydroxylation is 2. The molecule has 0 saturated heterocycles. The van der Waals surface area contributed by atoms with Gasteiger partial charge in [0.2, 0.25) is 0 Å². The summed E-state index contributed by atoms with van der Waals surface area (Å²) in [6.45, 7) is 6.37. The lowest BCUT2D eigenvalue weighted by atomic mass is 10.2. The molecule has 0 aliphatic rings. The van der Waals surface area contributed by atoms with E-state index in [2.05, 4.69) is 45.0 Å². The van der Waals surface area contributed by atoms with Crippen molar-refractivity contribution in [3.8, 4) is 11.5 Å². The fraction of sp³-hybridized carbons (Fsp3) is 0.368. The molecule has 126 valence electrons. The third-order valence-electron chi connectivity index (χ3n) is 3.40. The Morgan fingerprint density at radius 3 is 1.57 bits per heavy atom. The van der Waals surface area contributed by atoms with Crippen molar-refractivity contribution >= 4 is 20.8 Å². The van der Waals surface area contributed by atoms with E-state index in [9.17, 15) is 0 Å². The zero-order valence-corrected chi connectivity index (χ0v) is 15.8. The van der Waals surface area contributed by atoms with Gasteiger partial charge >= 0.3 is 0 Å². The summed E-state index contributed by atoms with van der Waals surface area (Å²) in [7, 11) is -0.944. The van der Waals surface area contributed by atoms with Gasteiger partial charge in [0, 0.05) is 6.16 Å². The first-order chi connectivity index (χ1) is 10.7. The van der Waals surface area contributed by atoms with Crippen molar-refractivity contribution < 1.29 is 9.05 Å². The van der Waals surface area contributed by atoms with E-state index in [1.807, 2.05) is 24.3 Å². The minimum absolute atomic E-state index is 0. The molecule has 4 heteroatoms. The number of halogens is 1. The molecule has 2 rings (SSSR count). The van der Waals surface area contributed by atoms with Gasteiger partial charge in [-0.3, -0.25) is 0 Å². The monoisotopic (exact) mass is 352 g/mol. The molecule has 0 aliphatic heterocycles. The highest BCUT2D eigenvalue weighted by molar-refractivity contribution is 7.48. The van der Waals surface area contributed by atoms with Gasteiger partial charge in [-0.1, -0.05) is 55.2 Å². The standard InChI is InChI=1S/C19H25O2P.ClH/c1-4-5-6-15-22(20-18-11-7-16(2)8-12-18)21-19-13-9-17(3)10-14-19;/h7-14H,4-6,15H2,1-3H3;1H. The van der Waals surface area contributed by atoms with Crippen LogP contribution in [0.2, 0.25) is 0 Å². The molecule has 0 bridgehead atoms. The molecular weight excluding hydrogens is 327 g/mol. The fourth-order valence-electron chi connectivity index (χ4n) is 2.03. The Kier molecular flexibility index (Phi) is 9.06. The van der Waals surface area contributed by atoms with Crippen molar-refractivity contribution in [2.24, 2.45) is 0 Å². The van der Waals surface area contributed by atoms with Crippen molar-refractivity contribution in [3.05, 3.63) is 59.7 Å². The van der Waals surface area contributed by atoms with E-state index in [1.165, 1.54) is 24.0 Å². The predicted octanol–water partition coefficient (Wildman–Crippen LogP) is 6.69.